The molecule has 0 aliphatic carbocycles. The molecule has 1 saturated heterocycles. The molecule has 2 unspecified atom stereocenters. The summed E-state index contributed by atoms with van der Waals surface area (Å²) in [7, 11) is 1.28. The number of ether oxygens (including phenoxy) is 2. The van der Waals surface area contributed by atoms with Crippen LogP contribution in [0, 0.1) is 0 Å². The number of morpholine rings is 1. The molecule has 0 aromatic carbocycles. The standard InChI is InChI=1S/C14H18N2O4/c1-9-7-16(8-10(2)20-9)13(17)11-5-4-6-12(15-11)14(18)19-3/h4-6,9-10H,7-8H2,1-3H3. The maximum absolute atomic E-state index is 12.4. The molecule has 2 atom stereocenters. The number of amides is 1. The van der Waals surface area contributed by atoms with E-state index in [1.54, 1.807) is 17.0 Å². The Balaban J connectivity index is 2.18. The van der Waals surface area contributed by atoms with Gasteiger partial charge in [0.05, 0.1) is 19.3 Å². The molecule has 1 aromatic rings. The summed E-state index contributed by atoms with van der Waals surface area (Å²) in [6.45, 7) is 4.89. The van der Waals surface area contributed by atoms with Crippen molar-refractivity contribution in [2.45, 2.75) is 26.1 Å². The zero-order valence-corrected chi connectivity index (χ0v) is 11.8. The summed E-state index contributed by atoms with van der Waals surface area (Å²) in [6, 6.07) is 4.74. The van der Waals surface area contributed by atoms with Crippen molar-refractivity contribution in [3.63, 3.8) is 0 Å². The highest BCUT2D eigenvalue weighted by molar-refractivity contribution is 5.94. The molecule has 20 heavy (non-hydrogen) atoms. The van der Waals surface area contributed by atoms with Crippen molar-refractivity contribution in [1.29, 1.82) is 0 Å². The van der Waals surface area contributed by atoms with E-state index in [4.69, 9.17) is 4.74 Å². The number of aromatic nitrogens is 1. The lowest BCUT2D eigenvalue weighted by Gasteiger charge is -2.35. The maximum Gasteiger partial charge on any atom is 0.356 e. The van der Waals surface area contributed by atoms with Gasteiger partial charge in [0.1, 0.15) is 11.4 Å². The van der Waals surface area contributed by atoms with Crippen LogP contribution in [0.25, 0.3) is 0 Å². The van der Waals surface area contributed by atoms with Crippen LogP contribution < -0.4 is 0 Å². The third-order valence-corrected chi connectivity index (χ3v) is 3.07. The molecular weight excluding hydrogens is 260 g/mol. The van der Waals surface area contributed by atoms with Crippen molar-refractivity contribution in [2.75, 3.05) is 20.2 Å². The molecule has 0 N–H and O–H groups in total. The van der Waals surface area contributed by atoms with Gasteiger partial charge in [-0.3, -0.25) is 4.79 Å². The fourth-order valence-electron chi connectivity index (χ4n) is 2.28. The van der Waals surface area contributed by atoms with E-state index in [1.165, 1.54) is 13.2 Å². The first-order valence-corrected chi connectivity index (χ1v) is 6.51. The highest BCUT2D eigenvalue weighted by Gasteiger charge is 2.27. The van der Waals surface area contributed by atoms with Gasteiger partial charge in [0.25, 0.3) is 5.91 Å². The van der Waals surface area contributed by atoms with E-state index in [-0.39, 0.29) is 29.5 Å². The molecule has 1 aromatic heterocycles. The van der Waals surface area contributed by atoms with Gasteiger partial charge in [-0.2, -0.15) is 0 Å². The molecule has 0 bridgehead atoms. The molecular formula is C14H18N2O4. The largest absolute Gasteiger partial charge is 0.464 e. The summed E-state index contributed by atoms with van der Waals surface area (Å²) in [5, 5.41) is 0. The van der Waals surface area contributed by atoms with Gasteiger partial charge < -0.3 is 14.4 Å². The molecule has 0 saturated carbocycles. The van der Waals surface area contributed by atoms with Crippen LogP contribution in [0.5, 0.6) is 0 Å². The van der Waals surface area contributed by atoms with Gasteiger partial charge in [-0.15, -0.1) is 0 Å². The first-order chi connectivity index (χ1) is 9.51. The van der Waals surface area contributed by atoms with Gasteiger partial charge in [0, 0.05) is 13.1 Å². The Kier molecular flexibility index (Phi) is 4.34. The number of rotatable bonds is 2. The summed E-state index contributed by atoms with van der Waals surface area (Å²) in [5.74, 6) is -0.749. The molecule has 1 aliphatic heterocycles. The average Bonchev–Trinajstić information content (AvgIpc) is 2.44. The summed E-state index contributed by atoms with van der Waals surface area (Å²) >= 11 is 0. The number of hydrogen-bond donors (Lipinski definition) is 0. The quantitative estimate of drug-likeness (QED) is 0.758. The minimum absolute atomic E-state index is 0.00788. The second kappa shape index (κ2) is 6.00. The van der Waals surface area contributed by atoms with Crippen molar-refractivity contribution < 1.29 is 19.1 Å². The highest BCUT2D eigenvalue weighted by Crippen LogP contribution is 2.13. The average molecular weight is 278 g/mol. The van der Waals surface area contributed by atoms with Crippen LogP contribution in [0.4, 0.5) is 0 Å². The minimum atomic E-state index is -0.552. The number of nitrogens with zero attached hydrogens (tertiary/aromatic N) is 2. The number of hydrogen-bond acceptors (Lipinski definition) is 5. The Hall–Kier alpha value is -1.95. The van der Waals surface area contributed by atoms with Gasteiger partial charge in [-0.05, 0) is 26.0 Å². The molecule has 1 aliphatic rings. The lowest BCUT2D eigenvalue weighted by atomic mass is 10.2. The summed E-state index contributed by atoms with van der Waals surface area (Å²) in [6.07, 6.45) is -0.0158. The van der Waals surface area contributed by atoms with Crippen molar-refractivity contribution in [2.24, 2.45) is 0 Å². The van der Waals surface area contributed by atoms with Crippen LogP contribution in [-0.4, -0.2) is 54.2 Å². The van der Waals surface area contributed by atoms with Crippen LogP contribution in [0.15, 0.2) is 18.2 Å². The van der Waals surface area contributed by atoms with Crippen molar-refractivity contribution in [1.82, 2.24) is 9.88 Å². The second-order valence-corrected chi connectivity index (χ2v) is 4.87. The Bertz CT molecular complexity index is 508. The van der Waals surface area contributed by atoms with Gasteiger partial charge in [0.2, 0.25) is 0 Å². The SMILES string of the molecule is COC(=O)c1cccc(C(=O)N2CC(C)OC(C)C2)n1. The molecule has 2 rings (SSSR count). The number of carbonyl (C=O) groups excluding carboxylic acids is 2. The minimum Gasteiger partial charge on any atom is -0.464 e. The van der Waals surface area contributed by atoms with E-state index in [1.807, 2.05) is 13.8 Å². The molecule has 1 fully saturated rings. The fourth-order valence-corrected chi connectivity index (χ4v) is 2.28. The van der Waals surface area contributed by atoms with E-state index >= 15 is 0 Å². The van der Waals surface area contributed by atoms with Crippen LogP contribution in [-0.2, 0) is 9.47 Å². The Labute approximate surface area is 117 Å². The van der Waals surface area contributed by atoms with Crippen LogP contribution in [0.3, 0.4) is 0 Å². The topological polar surface area (TPSA) is 68.7 Å². The molecule has 2 heterocycles. The van der Waals surface area contributed by atoms with E-state index in [0.29, 0.717) is 13.1 Å². The third kappa shape index (κ3) is 3.14. The molecule has 6 heteroatoms. The van der Waals surface area contributed by atoms with Gasteiger partial charge in [-0.1, -0.05) is 6.07 Å². The molecule has 0 radical (unpaired) electrons. The second-order valence-electron chi connectivity index (χ2n) is 4.87. The van der Waals surface area contributed by atoms with E-state index in [9.17, 15) is 9.59 Å². The molecule has 0 spiro atoms. The van der Waals surface area contributed by atoms with E-state index in [0.717, 1.165) is 0 Å². The number of esters is 1. The highest BCUT2D eigenvalue weighted by atomic mass is 16.5. The summed E-state index contributed by atoms with van der Waals surface area (Å²) in [5.41, 5.74) is 0.377. The van der Waals surface area contributed by atoms with Crippen LogP contribution in [0.1, 0.15) is 34.8 Å². The molecule has 6 nitrogen and oxygen atoms in total. The molecule has 108 valence electrons. The van der Waals surface area contributed by atoms with Crippen molar-refractivity contribution in [3.8, 4) is 0 Å². The lowest BCUT2D eigenvalue weighted by Crippen LogP contribution is -2.48. The first-order valence-electron chi connectivity index (χ1n) is 6.51. The zero-order chi connectivity index (χ0) is 14.7. The number of pyridine rings is 1. The Morgan fingerprint density at radius 3 is 2.45 bits per heavy atom. The first kappa shape index (κ1) is 14.5. The Morgan fingerprint density at radius 1 is 1.25 bits per heavy atom. The number of methoxy groups -OCH3 is 1. The predicted molar refractivity (Wildman–Crippen MR) is 71.5 cm³/mol. The zero-order valence-electron chi connectivity index (χ0n) is 11.8. The van der Waals surface area contributed by atoms with E-state index in [2.05, 4.69) is 9.72 Å². The van der Waals surface area contributed by atoms with Crippen molar-refractivity contribution >= 4 is 11.9 Å². The maximum atomic E-state index is 12.4. The van der Waals surface area contributed by atoms with Gasteiger partial charge in [0.15, 0.2) is 0 Å². The summed E-state index contributed by atoms with van der Waals surface area (Å²) < 4.78 is 10.2. The van der Waals surface area contributed by atoms with Gasteiger partial charge in [-0.25, -0.2) is 9.78 Å². The molecule has 1 amide bonds. The predicted octanol–water partition coefficient (Wildman–Crippen LogP) is 1.12. The fraction of sp³-hybridized carbons (Fsp3) is 0.500. The normalized spacial score (nSPS) is 22.4. The monoisotopic (exact) mass is 278 g/mol. The van der Waals surface area contributed by atoms with Crippen LogP contribution in [0.2, 0.25) is 0 Å². The van der Waals surface area contributed by atoms with Crippen LogP contribution >= 0.6 is 0 Å². The van der Waals surface area contributed by atoms with Crippen molar-refractivity contribution in [3.05, 3.63) is 29.6 Å². The smallest absolute Gasteiger partial charge is 0.356 e. The number of carbonyl (C=O) groups is 2. The summed E-state index contributed by atoms with van der Waals surface area (Å²) in [4.78, 5) is 29.6. The lowest BCUT2D eigenvalue weighted by molar-refractivity contribution is -0.0587. The van der Waals surface area contributed by atoms with Gasteiger partial charge >= 0.3 is 5.97 Å². The third-order valence-electron chi connectivity index (χ3n) is 3.07. The van der Waals surface area contributed by atoms with E-state index < -0.39 is 5.97 Å². The Morgan fingerprint density at radius 2 is 1.85 bits per heavy atom.